The van der Waals surface area contributed by atoms with Crippen LogP contribution in [0.25, 0.3) is 0 Å². The minimum Gasteiger partial charge on any atom is -0.358 e. The molecule has 0 radical (unpaired) electrons. The van der Waals surface area contributed by atoms with Crippen LogP contribution < -0.4 is 0 Å². The molecule has 0 aromatic carbocycles. The average molecular weight is 319 g/mol. The third-order valence-electron chi connectivity index (χ3n) is 0.872. The van der Waals surface area contributed by atoms with Crippen LogP contribution in [-0.4, -0.2) is 0 Å². The fourth-order valence-electron chi connectivity index (χ4n) is 0.499. The van der Waals surface area contributed by atoms with Gasteiger partial charge in [-0.15, -0.1) is 13.3 Å². The summed E-state index contributed by atoms with van der Waals surface area (Å²) in [6, 6.07) is 0. The van der Waals surface area contributed by atoms with Gasteiger partial charge in [-0.05, 0) is 0 Å². The fourth-order valence-corrected chi connectivity index (χ4v) is 0.499. The Morgan fingerprint density at radius 2 is 1.80 bits per heavy atom. The molecule has 1 heteroatoms. The summed E-state index contributed by atoms with van der Waals surface area (Å²) in [6.45, 7) is 2.08. The van der Waals surface area contributed by atoms with Crippen molar-refractivity contribution in [3.8, 4) is 0 Å². The molecule has 0 spiro atoms. The molecule has 1 aliphatic carbocycles. The number of hydrogen-bond donors (Lipinski definition) is 0. The van der Waals surface area contributed by atoms with Crippen LogP contribution in [-0.2, 0) is 21.1 Å². The van der Waals surface area contributed by atoms with E-state index in [1.54, 1.807) is 0 Å². The minimum atomic E-state index is 0. The van der Waals surface area contributed by atoms with Gasteiger partial charge in [0.15, 0.2) is 0 Å². The molecule has 0 N–H and O–H groups in total. The van der Waals surface area contributed by atoms with Crippen molar-refractivity contribution in [1.82, 2.24) is 0 Å². The van der Waals surface area contributed by atoms with Gasteiger partial charge < -0.3 is 22.3 Å². The first-order valence-corrected chi connectivity index (χ1v) is 2.13. The zero-order chi connectivity index (χ0) is 4.41. The van der Waals surface area contributed by atoms with E-state index in [0.29, 0.717) is 0 Å². The largest absolute Gasteiger partial charge is 4.00 e. The van der Waals surface area contributed by atoms with E-state index in [0.717, 1.165) is 6.42 Å². The quantitative estimate of drug-likeness (QED) is 0.602. The Bertz CT molecular complexity index is 98.5. The second-order valence-corrected chi connectivity index (χ2v) is 1.50. The van der Waals surface area contributed by atoms with E-state index in [1.165, 1.54) is 5.57 Å². The normalized spacial score (nSPS) is 11.1. The van der Waals surface area contributed by atoms with Crippen molar-refractivity contribution in [2.45, 2.75) is 13.3 Å². The minimum absolute atomic E-state index is 0. The van der Waals surface area contributed by atoms with Crippen molar-refractivity contribution in [3.63, 3.8) is 0 Å². The first-order valence-electron chi connectivity index (χ1n) is 2.13. The summed E-state index contributed by atoms with van der Waals surface area (Å²) in [5.74, 6) is 0. The third kappa shape index (κ3) is 8.17. The molecule has 10 heavy (non-hydrogen) atoms. The first kappa shape index (κ1) is 22.5. The molecule has 0 heterocycles. The summed E-state index contributed by atoms with van der Waals surface area (Å²) in [5.41, 5.74) is 1.34. The molecular weight excluding hydrogens is 303 g/mol. The van der Waals surface area contributed by atoms with Crippen LogP contribution in [0.4, 0.5) is 0 Å². The van der Waals surface area contributed by atoms with E-state index in [4.69, 9.17) is 0 Å². The average Bonchev–Trinajstić information content (AvgIpc) is 1.86. The molecule has 0 saturated carbocycles. The van der Waals surface area contributed by atoms with Crippen molar-refractivity contribution in [2.75, 3.05) is 0 Å². The Morgan fingerprint density at radius 3 is 1.90 bits per heavy atom. The molecular formula is C9H16Pt. The van der Waals surface area contributed by atoms with E-state index < -0.39 is 0 Å². The molecule has 62 valence electrons. The molecule has 0 aromatic rings. The van der Waals surface area contributed by atoms with Gasteiger partial charge in [0, 0.05) is 0 Å². The summed E-state index contributed by atoms with van der Waals surface area (Å²) < 4.78 is 0. The number of rotatable bonds is 0. The topological polar surface area (TPSA) is 0 Å². The van der Waals surface area contributed by atoms with Gasteiger partial charge in [0.25, 0.3) is 0 Å². The van der Waals surface area contributed by atoms with E-state index in [1.807, 2.05) is 6.08 Å². The maximum atomic E-state index is 3.05. The Hall–Kier alpha value is 0.168. The van der Waals surface area contributed by atoms with E-state index in [-0.39, 0.29) is 43.3 Å². The van der Waals surface area contributed by atoms with Gasteiger partial charge in [-0.2, -0.15) is 6.08 Å². The van der Waals surface area contributed by atoms with Gasteiger partial charge in [0.2, 0.25) is 0 Å². The summed E-state index contributed by atoms with van der Waals surface area (Å²) in [7, 11) is 0. The van der Waals surface area contributed by atoms with Crippen molar-refractivity contribution in [3.05, 3.63) is 46.1 Å². The van der Waals surface area contributed by atoms with Crippen LogP contribution in [0.2, 0.25) is 0 Å². The van der Waals surface area contributed by atoms with Gasteiger partial charge in [0.05, 0.1) is 0 Å². The first-order chi connectivity index (χ1) is 2.89. The molecule has 0 bridgehead atoms. The Labute approximate surface area is 80.7 Å². The summed E-state index contributed by atoms with van der Waals surface area (Å²) in [5, 5.41) is 0. The second-order valence-electron chi connectivity index (χ2n) is 1.50. The van der Waals surface area contributed by atoms with Crippen LogP contribution >= 0.6 is 0 Å². The smallest absolute Gasteiger partial charge is 0.358 e. The molecule has 0 nitrogen and oxygen atoms in total. The second kappa shape index (κ2) is 11.9. The number of hydrogen-bond acceptors (Lipinski definition) is 0. The summed E-state index contributed by atoms with van der Waals surface area (Å²) in [6.07, 6.45) is 8.24. The molecule has 0 atom stereocenters. The Kier molecular flexibility index (Phi) is 26.7. The molecule has 0 fully saturated rings. The Balaban J connectivity index is -0.0000000450. The number of allylic oxidation sites excluding steroid dienone is 4. The summed E-state index contributed by atoms with van der Waals surface area (Å²) in [4.78, 5) is 0. The SMILES string of the molecule is CC1=CC[C-]=C1.[CH3-].[CH3-].[CH3-].[Pt+4]. The van der Waals surface area contributed by atoms with Crippen molar-refractivity contribution in [2.24, 2.45) is 0 Å². The van der Waals surface area contributed by atoms with Crippen LogP contribution in [0, 0.1) is 28.4 Å². The fraction of sp³-hybridized carbons (Fsp3) is 0.222. The van der Waals surface area contributed by atoms with Crippen molar-refractivity contribution < 1.29 is 21.1 Å². The summed E-state index contributed by atoms with van der Waals surface area (Å²) >= 11 is 0. The van der Waals surface area contributed by atoms with E-state index in [9.17, 15) is 0 Å². The zero-order valence-electron chi connectivity index (χ0n) is 7.18. The van der Waals surface area contributed by atoms with E-state index >= 15 is 0 Å². The van der Waals surface area contributed by atoms with Crippen LogP contribution in [0.1, 0.15) is 13.3 Å². The van der Waals surface area contributed by atoms with Crippen LogP contribution in [0.5, 0.6) is 0 Å². The van der Waals surface area contributed by atoms with Crippen LogP contribution in [0.15, 0.2) is 17.7 Å². The Morgan fingerprint density at radius 1 is 1.30 bits per heavy atom. The van der Waals surface area contributed by atoms with Gasteiger partial charge in [-0.25, -0.2) is 11.6 Å². The maximum Gasteiger partial charge on any atom is 4.00 e. The van der Waals surface area contributed by atoms with Gasteiger partial charge in [-0.3, -0.25) is 6.08 Å². The van der Waals surface area contributed by atoms with Crippen molar-refractivity contribution >= 4 is 0 Å². The molecule has 0 amide bonds. The van der Waals surface area contributed by atoms with Gasteiger partial charge in [-0.1, -0.05) is 0 Å². The molecule has 0 unspecified atom stereocenters. The van der Waals surface area contributed by atoms with E-state index in [2.05, 4.69) is 19.1 Å². The third-order valence-corrected chi connectivity index (χ3v) is 0.872. The zero-order valence-corrected chi connectivity index (χ0v) is 9.45. The predicted molar refractivity (Wildman–Crippen MR) is 45.4 cm³/mol. The van der Waals surface area contributed by atoms with Crippen molar-refractivity contribution in [1.29, 1.82) is 0 Å². The van der Waals surface area contributed by atoms with Gasteiger partial charge >= 0.3 is 21.1 Å². The maximum absolute atomic E-state index is 3.05. The van der Waals surface area contributed by atoms with Crippen LogP contribution in [0.3, 0.4) is 0 Å². The molecule has 0 aromatic heterocycles. The standard InChI is InChI=1S/C6H7.3CH3.Pt/c1-6-4-2-3-5-6;;;;/h4-5H,2H2,1H3;3*1H3;/q4*-1;+4. The monoisotopic (exact) mass is 319 g/mol. The molecule has 0 aliphatic heterocycles. The molecule has 1 rings (SSSR count). The predicted octanol–water partition coefficient (Wildman–Crippen LogP) is 3.04. The molecule has 1 aliphatic rings. The van der Waals surface area contributed by atoms with Gasteiger partial charge in [0.1, 0.15) is 0 Å². The molecule has 0 saturated heterocycles.